The van der Waals surface area contributed by atoms with Crippen molar-refractivity contribution in [1.29, 1.82) is 5.26 Å². The van der Waals surface area contributed by atoms with Crippen molar-refractivity contribution in [3.05, 3.63) is 82.4 Å². The fourth-order valence-electron chi connectivity index (χ4n) is 7.68. The molecule has 22 heteroatoms. The van der Waals surface area contributed by atoms with Crippen LogP contribution in [0.15, 0.2) is 54.2 Å². The highest BCUT2D eigenvalue weighted by Crippen LogP contribution is 2.40. The Morgan fingerprint density at radius 1 is 1.03 bits per heavy atom. The number of carbonyl (C=O) groups is 4. The largest absolute Gasteiger partial charge is 0.494 e. The number of ether oxygens (including phenoxy) is 4. The molecule has 4 aromatic rings. The van der Waals surface area contributed by atoms with Crippen LogP contribution in [0.4, 0.5) is 28.9 Å². The molecule has 1 saturated heterocycles. The van der Waals surface area contributed by atoms with Gasteiger partial charge in [0.25, 0.3) is 0 Å². The maximum Gasteiger partial charge on any atom is 0.420 e. The number of anilines is 2. The molecule has 0 radical (unpaired) electrons. The number of pyridine rings is 1. The molecule has 1 unspecified atom stereocenters. The maximum absolute atomic E-state index is 15.4. The van der Waals surface area contributed by atoms with E-state index < -0.39 is 57.8 Å². The molecule has 382 valence electrons. The average molecular weight is 1030 g/mol. The fourth-order valence-corrected chi connectivity index (χ4v) is 8.93. The van der Waals surface area contributed by atoms with Gasteiger partial charge in [-0.25, -0.2) is 14.4 Å². The van der Waals surface area contributed by atoms with E-state index in [0.717, 1.165) is 38.7 Å². The number of hydrogen-bond acceptors (Lipinski definition) is 13. The SMILES string of the molecule is COc1cc(OCCCOCCOCC(=O)NC(C(=O)N2CCC[C@H]2C(=O)NCc2ccc(-c3scnc3C)cc2)C(C)(C)C)ncc1N(C(=S)N(C)c1ccc(C#N)c(C(F)(F)F)c1F)C(C)(C)C=O. The van der Waals surface area contributed by atoms with Crippen LogP contribution in [0.25, 0.3) is 10.4 Å². The number of rotatable bonds is 21. The number of amides is 3. The Bertz CT molecular complexity index is 2580. The lowest BCUT2D eigenvalue weighted by atomic mass is 9.85. The third-order valence-corrected chi connectivity index (χ3v) is 12.9. The molecular formula is C49H58F4N8O8S2. The molecule has 0 saturated carbocycles. The van der Waals surface area contributed by atoms with E-state index >= 15 is 4.39 Å². The molecule has 0 bridgehead atoms. The van der Waals surface area contributed by atoms with Crippen LogP contribution in [0.1, 0.15) is 76.3 Å². The summed E-state index contributed by atoms with van der Waals surface area (Å²) in [4.78, 5) is 66.2. The van der Waals surface area contributed by atoms with Crippen LogP contribution in [-0.2, 0) is 41.4 Å². The molecular weight excluding hydrogens is 969 g/mol. The van der Waals surface area contributed by atoms with Crippen molar-refractivity contribution in [3.8, 4) is 28.1 Å². The Morgan fingerprint density at radius 2 is 1.73 bits per heavy atom. The van der Waals surface area contributed by atoms with Gasteiger partial charge in [0.2, 0.25) is 23.6 Å². The molecule has 3 amide bonds. The van der Waals surface area contributed by atoms with Gasteiger partial charge in [-0.05, 0) is 74.5 Å². The molecule has 2 atom stereocenters. The average Bonchev–Trinajstić information content (AvgIpc) is 4.00. The number of hydrogen-bond donors (Lipinski definition) is 2. The standard InChI is InChI=1S/C49H58F4N8O8S2/c1-30-42(71-29-57-30)32-14-12-31(13-15-32)25-56-44(64)35-11-9-18-60(35)45(65)43(47(2,3)4)58-38(63)27-68-22-21-67-19-10-20-69-39-23-37(66-8)36(26-55-39)61(48(5,6)28-62)46(70)59(7)34-17-16-33(24-54)40(41(34)50)49(51,52)53/h12-17,23,26,28-29,35,43H,9-11,18-22,25,27H2,1-8H3,(H,56,64)(H,58,63)/t35-,43?/m0/s1. The van der Waals surface area contributed by atoms with Gasteiger partial charge in [-0.1, -0.05) is 45.0 Å². The predicted octanol–water partition coefficient (Wildman–Crippen LogP) is 7.40. The first-order chi connectivity index (χ1) is 33.5. The second kappa shape index (κ2) is 24.2. The zero-order valence-electron chi connectivity index (χ0n) is 40.8. The van der Waals surface area contributed by atoms with Crippen molar-refractivity contribution in [1.82, 2.24) is 25.5 Å². The molecule has 3 heterocycles. The summed E-state index contributed by atoms with van der Waals surface area (Å²) in [6, 6.07) is 10.9. The fraction of sp³-hybridized carbons (Fsp3) is 0.469. The molecule has 2 aromatic carbocycles. The van der Waals surface area contributed by atoms with Gasteiger partial charge in [-0.15, -0.1) is 11.3 Å². The number of nitrogens with zero attached hydrogens (tertiary/aromatic N) is 6. The summed E-state index contributed by atoms with van der Waals surface area (Å²) in [5.74, 6) is -2.57. The molecule has 1 fully saturated rings. The van der Waals surface area contributed by atoms with E-state index in [1.807, 2.05) is 57.5 Å². The quantitative estimate of drug-likeness (QED) is 0.0364. The zero-order valence-corrected chi connectivity index (χ0v) is 42.4. The van der Waals surface area contributed by atoms with Crippen molar-refractivity contribution in [3.63, 3.8) is 0 Å². The number of likely N-dealkylation sites (tertiary alicyclic amines) is 1. The summed E-state index contributed by atoms with van der Waals surface area (Å²) >= 11 is 7.19. The first kappa shape index (κ1) is 55.6. The van der Waals surface area contributed by atoms with Crippen LogP contribution in [-0.4, -0.2) is 115 Å². The Balaban J connectivity index is 1.06. The third kappa shape index (κ3) is 14.0. The minimum absolute atomic E-state index is 0.0800. The van der Waals surface area contributed by atoms with E-state index in [1.54, 1.807) is 16.2 Å². The highest BCUT2D eigenvalue weighted by atomic mass is 32.1. The number of alkyl halides is 3. The molecule has 0 spiro atoms. The number of thiazole rings is 1. The van der Waals surface area contributed by atoms with Crippen LogP contribution in [0, 0.1) is 29.5 Å². The van der Waals surface area contributed by atoms with Gasteiger partial charge < -0.3 is 49.1 Å². The normalized spacial score (nSPS) is 14.3. The first-order valence-electron chi connectivity index (χ1n) is 22.6. The number of benzene rings is 2. The molecule has 1 aliphatic heterocycles. The second-order valence-corrected chi connectivity index (χ2v) is 19.4. The second-order valence-electron chi connectivity index (χ2n) is 18.2. The van der Waals surface area contributed by atoms with E-state index in [-0.39, 0.29) is 67.3 Å². The van der Waals surface area contributed by atoms with Crippen LogP contribution in [0.2, 0.25) is 0 Å². The van der Waals surface area contributed by atoms with E-state index in [2.05, 4.69) is 20.6 Å². The highest BCUT2D eigenvalue weighted by Gasteiger charge is 2.43. The van der Waals surface area contributed by atoms with Gasteiger partial charge in [-0.2, -0.15) is 18.4 Å². The van der Waals surface area contributed by atoms with Crippen molar-refractivity contribution in [2.24, 2.45) is 5.41 Å². The lowest BCUT2D eigenvalue weighted by molar-refractivity contribution is -0.144. The monoisotopic (exact) mass is 1030 g/mol. The summed E-state index contributed by atoms with van der Waals surface area (Å²) in [6.45, 7) is 11.4. The summed E-state index contributed by atoms with van der Waals surface area (Å²) in [5.41, 5.74) is -0.509. The summed E-state index contributed by atoms with van der Waals surface area (Å²) in [5, 5.41) is 14.7. The summed E-state index contributed by atoms with van der Waals surface area (Å²) in [6.07, 6.45) is -1.78. The van der Waals surface area contributed by atoms with E-state index in [9.17, 15) is 37.6 Å². The number of aldehydes is 1. The highest BCUT2D eigenvalue weighted by molar-refractivity contribution is 7.80. The van der Waals surface area contributed by atoms with Crippen molar-refractivity contribution < 1.29 is 55.7 Å². The van der Waals surface area contributed by atoms with Gasteiger partial charge in [0.1, 0.15) is 42.0 Å². The minimum Gasteiger partial charge on any atom is -0.494 e. The van der Waals surface area contributed by atoms with Gasteiger partial charge in [0, 0.05) is 39.2 Å². The molecule has 0 aliphatic carbocycles. The van der Waals surface area contributed by atoms with Crippen LogP contribution in [0.5, 0.6) is 11.6 Å². The number of aromatic nitrogens is 2. The number of carbonyl (C=O) groups excluding carboxylic acids is 4. The van der Waals surface area contributed by atoms with Crippen LogP contribution < -0.4 is 29.9 Å². The van der Waals surface area contributed by atoms with Gasteiger partial charge in [0.15, 0.2) is 10.9 Å². The number of methoxy groups -OCH3 is 1. The summed E-state index contributed by atoms with van der Waals surface area (Å²) < 4.78 is 79.3. The molecule has 1 aliphatic rings. The lowest BCUT2D eigenvalue weighted by Crippen LogP contribution is -2.58. The van der Waals surface area contributed by atoms with Crippen molar-refractivity contribution >= 4 is 64.0 Å². The molecule has 2 aromatic heterocycles. The van der Waals surface area contributed by atoms with E-state index in [4.69, 9.17) is 31.2 Å². The number of aryl methyl sites for hydroxylation is 1. The van der Waals surface area contributed by atoms with Gasteiger partial charge in [0.05, 0.1) is 72.1 Å². The summed E-state index contributed by atoms with van der Waals surface area (Å²) in [7, 11) is 2.55. The molecule has 16 nitrogen and oxygen atoms in total. The van der Waals surface area contributed by atoms with Crippen molar-refractivity contribution in [2.75, 3.05) is 63.5 Å². The molecule has 71 heavy (non-hydrogen) atoms. The Kier molecular flexibility index (Phi) is 19.0. The zero-order chi connectivity index (χ0) is 52.3. The van der Waals surface area contributed by atoms with Crippen LogP contribution in [0.3, 0.4) is 0 Å². The van der Waals surface area contributed by atoms with E-state index in [1.165, 1.54) is 51.2 Å². The predicted molar refractivity (Wildman–Crippen MR) is 263 cm³/mol. The van der Waals surface area contributed by atoms with Crippen LogP contribution >= 0.6 is 23.6 Å². The Labute approximate surface area is 419 Å². The number of thiocarbonyl (C=S) groups is 1. The first-order valence-corrected chi connectivity index (χ1v) is 23.9. The Hall–Kier alpha value is -6.28. The maximum atomic E-state index is 15.4. The Morgan fingerprint density at radius 3 is 2.35 bits per heavy atom. The smallest absolute Gasteiger partial charge is 0.420 e. The number of nitrogens with one attached hydrogen (secondary N) is 2. The van der Waals surface area contributed by atoms with Gasteiger partial charge in [-0.3, -0.25) is 14.4 Å². The van der Waals surface area contributed by atoms with Crippen molar-refractivity contribution in [2.45, 2.75) is 91.1 Å². The number of halogens is 4. The lowest BCUT2D eigenvalue weighted by Gasteiger charge is -2.40. The third-order valence-electron chi connectivity index (χ3n) is 11.5. The van der Waals surface area contributed by atoms with Gasteiger partial charge >= 0.3 is 6.18 Å². The minimum atomic E-state index is -5.18. The van der Waals surface area contributed by atoms with E-state index in [0.29, 0.717) is 38.6 Å². The topological polar surface area (TPSA) is 189 Å². The number of nitriles is 1. The molecule has 2 N–H and O–H groups in total. The molecule has 5 rings (SSSR count).